The molecule has 0 radical (unpaired) electrons. The Kier molecular flexibility index (Phi) is 14.5. The molecular weight excluding hydrogens is 835 g/mol. The van der Waals surface area contributed by atoms with Gasteiger partial charge in [0.05, 0.1) is 17.0 Å². The lowest BCUT2D eigenvalue weighted by atomic mass is 10.0. The molecular formula is C51H57N9O4S. The van der Waals surface area contributed by atoms with E-state index in [1.54, 1.807) is 0 Å². The molecule has 1 aliphatic heterocycles. The van der Waals surface area contributed by atoms with Gasteiger partial charge in [-0.1, -0.05) is 111 Å². The van der Waals surface area contributed by atoms with Crippen LogP contribution in [0.4, 0.5) is 0 Å². The van der Waals surface area contributed by atoms with E-state index < -0.39 is 29.9 Å². The van der Waals surface area contributed by atoms with Crippen molar-refractivity contribution >= 4 is 56.8 Å². The van der Waals surface area contributed by atoms with E-state index in [1.807, 2.05) is 135 Å². The molecule has 0 bridgehead atoms. The normalized spacial score (nSPS) is 15.7. The van der Waals surface area contributed by atoms with Crippen molar-refractivity contribution in [1.29, 1.82) is 0 Å². The van der Waals surface area contributed by atoms with Gasteiger partial charge in [0.25, 0.3) is 5.91 Å². The first-order valence-corrected chi connectivity index (χ1v) is 23.3. The van der Waals surface area contributed by atoms with Crippen LogP contribution in [-0.2, 0) is 33.6 Å². The van der Waals surface area contributed by atoms with Gasteiger partial charge in [-0.3, -0.25) is 19.2 Å². The third-order valence-corrected chi connectivity index (χ3v) is 13.1. The highest BCUT2D eigenvalue weighted by atomic mass is 32.1. The highest BCUT2D eigenvalue weighted by Crippen LogP contribution is 2.35. The van der Waals surface area contributed by atoms with Gasteiger partial charge in [-0.2, -0.15) is 0 Å². The van der Waals surface area contributed by atoms with Gasteiger partial charge < -0.3 is 42.3 Å². The second kappa shape index (κ2) is 20.9. The zero-order chi connectivity index (χ0) is 45.3. The topological polar surface area (TPSA) is 199 Å². The molecule has 13 nitrogen and oxygen atoms in total. The molecule has 14 heteroatoms. The molecule has 0 aliphatic carbocycles. The molecule has 336 valence electrons. The molecule has 1 saturated heterocycles. The largest absolute Gasteiger partial charge is 0.361 e. The zero-order valence-corrected chi connectivity index (χ0v) is 37.6. The minimum atomic E-state index is -1.10. The van der Waals surface area contributed by atoms with Gasteiger partial charge in [0, 0.05) is 59.6 Å². The number of carbonyl (C=O) groups is 4. The Labute approximate surface area is 382 Å². The first kappa shape index (κ1) is 45.0. The third-order valence-electron chi connectivity index (χ3n) is 11.9. The molecule has 5 atom stereocenters. The number of thiazole rings is 1. The number of amides is 4. The van der Waals surface area contributed by atoms with Crippen molar-refractivity contribution in [3.05, 3.63) is 149 Å². The summed E-state index contributed by atoms with van der Waals surface area (Å²) in [5, 5.41) is 18.1. The number of para-hydroxylation sites is 2. The second-order valence-electron chi connectivity index (χ2n) is 17.3. The Morgan fingerprint density at radius 2 is 1.37 bits per heavy atom. The molecule has 0 saturated carbocycles. The number of hydrogen-bond donors (Lipinski definition) is 8. The van der Waals surface area contributed by atoms with Crippen LogP contribution in [0.1, 0.15) is 71.3 Å². The maximum absolute atomic E-state index is 14.9. The minimum absolute atomic E-state index is 0.0645. The monoisotopic (exact) mass is 891 g/mol. The van der Waals surface area contributed by atoms with Crippen LogP contribution < -0.4 is 32.3 Å². The molecule has 7 aromatic rings. The van der Waals surface area contributed by atoms with Crippen molar-refractivity contribution in [2.45, 2.75) is 82.6 Å². The van der Waals surface area contributed by atoms with Gasteiger partial charge in [0.15, 0.2) is 0 Å². The number of fused-ring (bicyclic) bond motifs is 2. The first-order valence-electron chi connectivity index (χ1n) is 22.5. The molecule has 1 fully saturated rings. The number of carbonyl (C=O) groups excluding carboxylic acids is 4. The highest BCUT2D eigenvalue weighted by Gasteiger charge is 2.33. The van der Waals surface area contributed by atoms with E-state index in [-0.39, 0.29) is 48.5 Å². The van der Waals surface area contributed by atoms with E-state index in [0.29, 0.717) is 29.1 Å². The predicted octanol–water partition coefficient (Wildman–Crippen LogP) is 6.48. The quantitative estimate of drug-likeness (QED) is 0.0454. The van der Waals surface area contributed by atoms with Crippen LogP contribution in [0.2, 0.25) is 0 Å². The number of nitrogens with two attached hydrogens (primary N) is 1. The number of aromatic amines is 2. The van der Waals surface area contributed by atoms with Gasteiger partial charge in [-0.25, -0.2) is 4.98 Å². The van der Waals surface area contributed by atoms with E-state index >= 15 is 0 Å². The lowest BCUT2D eigenvalue weighted by Crippen LogP contribution is -2.55. The van der Waals surface area contributed by atoms with Crippen LogP contribution >= 0.6 is 11.3 Å². The van der Waals surface area contributed by atoms with Crippen LogP contribution in [0.5, 0.6) is 0 Å². The smallest absolute Gasteiger partial charge is 0.272 e. The number of hydrogen-bond acceptors (Lipinski definition) is 8. The van der Waals surface area contributed by atoms with Crippen molar-refractivity contribution in [2.75, 3.05) is 13.1 Å². The van der Waals surface area contributed by atoms with Crippen LogP contribution in [0.3, 0.4) is 0 Å². The molecule has 9 N–H and O–H groups in total. The fourth-order valence-electron chi connectivity index (χ4n) is 8.60. The molecule has 8 rings (SSSR count). The standard InChI is InChI=1S/C51H57N9O4S/c1-31(2)24-42(47(61)56-30-36(52)25-32-14-5-3-6-15-32)57-49(63)43(26-34-28-54-39-20-11-9-18-37(34)39)58-50(64)45-46(33-16-7-4-8-17-33)65-51(60-45)44(59-48(62)41-22-13-23-53-41)27-35-29-55-40-21-12-10-19-38(35)40/h3-12,14-21,28-29,31,36,41-44,53-55H,13,22-27,30,52H2,1-2H3,(H,56,61)(H,57,63)(H,58,64)(H,59,62). The van der Waals surface area contributed by atoms with E-state index in [4.69, 9.17) is 10.7 Å². The van der Waals surface area contributed by atoms with Gasteiger partial charge in [-0.15, -0.1) is 11.3 Å². The Morgan fingerprint density at radius 3 is 2.02 bits per heavy atom. The second-order valence-corrected chi connectivity index (χ2v) is 18.4. The number of benzene rings is 4. The Morgan fingerprint density at radius 1 is 0.738 bits per heavy atom. The number of H-pyrrole nitrogens is 2. The summed E-state index contributed by atoms with van der Waals surface area (Å²) in [5.74, 6) is -1.47. The van der Waals surface area contributed by atoms with E-state index in [1.165, 1.54) is 11.3 Å². The Balaban J connectivity index is 1.09. The van der Waals surface area contributed by atoms with Crippen LogP contribution in [0.15, 0.2) is 122 Å². The fraction of sp³-hybridized carbons (Fsp3) is 0.314. The molecule has 5 unspecified atom stereocenters. The number of nitrogens with zero attached hydrogens (tertiary/aromatic N) is 1. The van der Waals surface area contributed by atoms with Crippen LogP contribution in [0.25, 0.3) is 32.2 Å². The van der Waals surface area contributed by atoms with Crippen molar-refractivity contribution in [3.8, 4) is 10.4 Å². The molecule has 4 aromatic carbocycles. The van der Waals surface area contributed by atoms with Gasteiger partial charge in [0.1, 0.15) is 22.8 Å². The average molecular weight is 892 g/mol. The van der Waals surface area contributed by atoms with Crippen molar-refractivity contribution in [3.63, 3.8) is 0 Å². The summed E-state index contributed by atoms with van der Waals surface area (Å²) in [7, 11) is 0. The van der Waals surface area contributed by atoms with Crippen molar-refractivity contribution < 1.29 is 19.2 Å². The molecule has 4 heterocycles. The number of aromatic nitrogens is 3. The number of nitrogens with one attached hydrogen (secondary N) is 7. The van der Waals surface area contributed by atoms with Crippen molar-refractivity contribution in [1.82, 2.24) is 41.5 Å². The van der Waals surface area contributed by atoms with Gasteiger partial charge in [0.2, 0.25) is 17.7 Å². The summed E-state index contributed by atoms with van der Waals surface area (Å²) in [6, 6.07) is 32.0. The summed E-state index contributed by atoms with van der Waals surface area (Å²) in [5.41, 5.74) is 12.1. The summed E-state index contributed by atoms with van der Waals surface area (Å²) in [6.45, 7) is 4.97. The Hall–Kier alpha value is -6.61. The molecule has 4 amide bonds. The average Bonchev–Trinajstić information content (AvgIpc) is 4.16. The summed E-state index contributed by atoms with van der Waals surface area (Å²) >= 11 is 1.35. The van der Waals surface area contributed by atoms with E-state index in [0.717, 1.165) is 63.4 Å². The molecule has 0 spiro atoms. The minimum Gasteiger partial charge on any atom is -0.361 e. The van der Waals surface area contributed by atoms with E-state index in [9.17, 15) is 19.2 Å². The van der Waals surface area contributed by atoms with Crippen molar-refractivity contribution in [2.24, 2.45) is 11.7 Å². The third kappa shape index (κ3) is 11.2. The van der Waals surface area contributed by atoms with Crippen LogP contribution in [0, 0.1) is 5.92 Å². The predicted molar refractivity (Wildman–Crippen MR) is 257 cm³/mol. The maximum atomic E-state index is 14.9. The first-order chi connectivity index (χ1) is 31.6. The zero-order valence-electron chi connectivity index (χ0n) is 36.7. The lowest BCUT2D eigenvalue weighted by Gasteiger charge is -2.25. The van der Waals surface area contributed by atoms with E-state index in [2.05, 4.69) is 36.6 Å². The van der Waals surface area contributed by atoms with Crippen LogP contribution in [-0.4, -0.2) is 75.8 Å². The molecule has 3 aromatic heterocycles. The summed E-state index contributed by atoms with van der Waals surface area (Å²) in [6.07, 6.45) is 6.94. The lowest BCUT2D eigenvalue weighted by molar-refractivity contribution is -0.130. The van der Waals surface area contributed by atoms with Gasteiger partial charge in [-0.05, 0) is 72.5 Å². The Bertz CT molecular complexity index is 2720. The van der Waals surface area contributed by atoms with Gasteiger partial charge >= 0.3 is 0 Å². The molecule has 1 aliphatic rings. The number of rotatable bonds is 19. The highest BCUT2D eigenvalue weighted by molar-refractivity contribution is 7.15. The SMILES string of the molecule is CC(C)CC(NC(=O)C(Cc1c[nH]c2ccccc12)NC(=O)c1nc(C(Cc2c[nH]c3ccccc23)NC(=O)C2CCCN2)sc1-c1ccccc1)C(=O)NCC(N)Cc1ccccc1. The summed E-state index contributed by atoms with van der Waals surface area (Å²) in [4.78, 5) is 69.4. The molecule has 65 heavy (non-hydrogen) atoms. The maximum Gasteiger partial charge on any atom is 0.272 e. The summed E-state index contributed by atoms with van der Waals surface area (Å²) < 4.78 is 0. The fourth-order valence-corrected chi connectivity index (χ4v) is 9.72.